The fourth-order valence-corrected chi connectivity index (χ4v) is 3.71. The molecule has 11 heteroatoms. The second-order valence-electron chi connectivity index (χ2n) is 8.14. The van der Waals surface area contributed by atoms with Crippen molar-refractivity contribution in [1.29, 1.82) is 0 Å². The van der Waals surface area contributed by atoms with Crippen LogP contribution in [-0.2, 0) is 16.1 Å². The highest BCUT2D eigenvalue weighted by Crippen LogP contribution is 2.29. The van der Waals surface area contributed by atoms with Crippen LogP contribution in [0, 0.1) is 0 Å². The summed E-state index contributed by atoms with van der Waals surface area (Å²) in [6, 6.07) is 11.1. The molecule has 186 valence electrons. The van der Waals surface area contributed by atoms with Crippen molar-refractivity contribution in [3.63, 3.8) is 0 Å². The Labute approximate surface area is 211 Å². The molecular formula is C24H26Cl2N4O5. The molecule has 1 atom stereocenters. The lowest BCUT2D eigenvalue weighted by Crippen LogP contribution is -2.51. The van der Waals surface area contributed by atoms with Crippen LogP contribution in [0.2, 0.25) is 10.0 Å². The maximum atomic E-state index is 13.4. The van der Waals surface area contributed by atoms with Crippen LogP contribution in [0.15, 0.2) is 57.0 Å². The van der Waals surface area contributed by atoms with E-state index in [1.165, 1.54) is 11.7 Å². The van der Waals surface area contributed by atoms with E-state index >= 15 is 0 Å². The van der Waals surface area contributed by atoms with Crippen molar-refractivity contribution in [2.24, 2.45) is 4.99 Å². The van der Waals surface area contributed by atoms with Crippen LogP contribution in [0.25, 0.3) is 0 Å². The summed E-state index contributed by atoms with van der Waals surface area (Å²) in [6.45, 7) is 5.45. The lowest BCUT2D eigenvalue weighted by Gasteiger charge is -2.16. The second-order valence-corrected chi connectivity index (χ2v) is 8.98. The number of rotatable bonds is 8. The summed E-state index contributed by atoms with van der Waals surface area (Å²) in [5.74, 6) is -0.0460. The first-order valence-electron chi connectivity index (χ1n) is 10.9. The number of nitrogens with one attached hydrogen (secondary N) is 1. The summed E-state index contributed by atoms with van der Waals surface area (Å²) < 4.78 is 12.6. The van der Waals surface area contributed by atoms with Gasteiger partial charge in [0.2, 0.25) is 5.62 Å². The monoisotopic (exact) mass is 520 g/mol. The van der Waals surface area contributed by atoms with Crippen molar-refractivity contribution in [3.05, 3.63) is 84.7 Å². The van der Waals surface area contributed by atoms with Gasteiger partial charge in [-0.3, -0.25) is 14.3 Å². The second kappa shape index (κ2) is 11.4. The van der Waals surface area contributed by atoms with Crippen LogP contribution >= 0.6 is 23.2 Å². The third-order valence-corrected chi connectivity index (χ3v) is 5.58. The molecule has 0 fully saturated rings. The van der Waals surface area contributed by atoms with Crippen molar-refractivity contribution < 1.29 is 14.3 Å². The fraction of sp³-hybridized carbons (Fsp3) is 0.333. The van der Waals surface area contributed by atoms with Gasteiger partial charge in [-0.25, -0.2) is 19.1 Å². The number of hydrogen-bond donors (Lipinski definition) is 1. The number of ether oxygens (including phenoxy) is 2. The fourth-order valence-electron chi connectivity index (χ4n) is 3.37. The number of aromatic nitrogens is 3. The maximum absolute atomic E-state index is 13.4. The summed E-state index contributed by atoms with van der Waals surface area (Å²) in [6.07, 6.45) is -0.211. The first-order chi connectivity index (χ1) is 16.6. The number of nitrogens with zero attached hydrogens (tertiary/aromatic N) is 3. The Kier molecular flexibility index (Phi) is 8.58. The number of halogens is 2. The van der Waals surface area contributed by atoms with Gasteiger partial charge in [-0.2, -0.15) is 0 Å². The summed E-state index contributed by atoms with van der Waals surface area (Å²) >= 11 is 12.3. The molecule has 3 rings (SSSR count). The Balaban J connectivity index is 2.17. The highest BCUT2D eigenvalue weighted by atomic mass is 35.5. The number of benzene rings is 2. The summed E-state index contributed by atoms with van der Waals surface area (Å²) in [5, 5.41) is 0.888. The molecule has 0 saturated heterocycles. The minimum absolute atomic E-state index is 0.0186. The first kappa shape index (κ1) is 26.3. The van der Waals surface area contributed by atoms with Gasteiger partial charge in [0.1, 0.15) is 5.75 Å². The van der Waals surface area contributed by atoms with Crippen molar-refractivity contribution in [1.82, 2.24) is 14.1 Å². The van der Waals surface area contributed by atoms with Crippen LogP contribution in [0.1, 0.15) is 38.8 Å². The number of aromatic amines is 1. The van der Waals surface area contributed by atoms with Gasteiger partial charge in [0.15, 0.2) is 0 Å². The number of methoxy groups -OCH3 is 1. The minimum atomic E-state index is -0.744. The number of esters is 1. The molecule has 0 aliphatic carbocycles. The van der Waals surface area contributed by atoms with E-state index < -0.39 is 23.4 Å². The summed E-state index contributed by atoms with van der Waals surface area (Å²) in [7, 11) is 1.24. The molecule has 1 heterocycles. The van der Waals surface area contributed by atoms with Crippen molar-refractivity contribution in [2.75, 3.05) is 7.11 Å². The molecular weight excluding hydrogens is 495 g/mol. The summed E-state index contributed by atoms with van der Waals surface area (Å²) in [5.41, 5.74) is -0.157. The average Bonchev–Trinajstić information content (AvgIpc) is 2.79. The third kappa shape index (κ3) is 6.64. The Morgan fingerprint density at radius 1 is 1.09 bits per heavy atom. The minimum Gasteiger partial charge on any atom is -0.489 e. The zero-order valence-electron chi connectivity index (χ0n) is 19.7. The Morgan fingerprint density at radius 3 is 2.37 bits per heavy atom. The van der Waals surface area contributed by atoms with Crippen LogP contribution in [0.5, 0.6) is 5.75 Å². The third-order valence-electron chi connectivity index (χ3n) is 5.03. The Morgan fingerprint density at radius 2 is 1.77 bits per heavy atom. The molecule has 0 bridgehead atoms. The highest BCUT2D eigenvalue weighted by Gasteiger charge is 2.18. The van der Waals surface area contributed by atoms with E-state index in [4.69, 9.17) is 27.9 Å². The van der Waals surface area contributed by atoms with Crippen LogP contribution in [0.4, 0.5) is 5.69 Å². The smallest absolute Gasteiger partial charge is 0.335 e. The van der Waals surface area contributed by atoms with Gasteiger partial charge in [0.05, 0.1) is 42.9 Å². The van der Waals surface area contributed by atoms with E-state index in [0.29, 0.717) is 21.5 Å². The molecule has 0 unspecified atom stereocenters. The van der Waals surface area contributed by atoms with Crippen molar-refractivity contribution in [3.8, 4) is 5.75 Å². The average molecular weight is 521 g/mol. The molecule has 0 radical (unpaired) electrons. The molecule has 3 aromatic rings. The van der Waals surface area contributed by atoms with Crippen molar-refractivity contribution in [2.45, 2.75) is 45.9 Å². The van der Waals surface area contributed by atoms with Gasteiger partial charge in [0, 0.05) is 5.02 Å². The normalized spacial score (nSPS) is 12.6. The Bertz CT molecular complexity index is 1390. The van der Waals surface area contributed by atoms with Gasteiger partial charge < -0.3 is 9.47 Å². The molecule has 0 aliphatic rings. The van der Waals surface area contributed by atoms with E-state index in [1.807, 2.05) is 13.8 Å². The van der Waals surface area contributed by atoms with Crippen LogP contribution in [0.3, 0.4) is 0 Å². The van der Waals surface area contributed by atoms with Crippen LogP contribution < -0.4 is 21.7 Å². The van der Waals surface area contributed by atoms with E-state index in [1.54, 1.807) is 49.4 Å². The SMILES string of the molecule is COC(=O)C[C@H](C)n1c(=O)[nH]/c(=N\c2ccc(OC(C)C)c(Cl)c2)n(Cc2ccc(Cl)cc2)c1=O. The number of carbonyl (C=O) groups excluding carboxylic acids is 1. The van der Waals surface area contributed by atoms with Gasteiger partial charge in [-0.05, 0) is 56.7 Å². The van der Waals surface area contributed by atoms with Crippen molar-refractivity contribution >= 4 is 34.9 Å². The number of H-pyrrole nitrogens is 1. The quantitative estimate of drug-likeness (QED) is 0.454. The molecule has 2 aromatic carbocycles. The Hall–Kier alpha value is -3.30. The van der Waals surface area contributed by atoms with E-state index in [-0.39, 0.29) is 24.7 Å². The standard InChI is InChI=1S/C24H26Cl2N4O5/c1-14(2)35-20-10-9-18(12-19(20)26)27-22-28-23(32)30(15(3)11-21(31)34-4)24(33)29(22)13-16-5-7-17(25)8-6-16/h5-10,12,14-15H,11,13H2,1-4H3,(H,27,28,32)/t15-/m0/s1. The van der Waals surface area contributed by atoms with Crippen LogP contribution in [-0.4, -0.2) is 33.3 Å². The zero-order chi connectivity index (χ0) is 25.7. The molecule has 1 aromatic heterocycles. The predicted molar refractivity (Wildman–Crippen MR) is 134 cm³/mol. The number of carbonyl (C=O) groups is 1. The van der Waals surface area contributed by atoms with Gasteiger partial charge in [0.25, 0.3) is 0 Å². The highest BCUT2D eigenvalue weighted by molar-refractivity contribution is 6.32. The van der Waals surface area contributed by atoms with Gasteiger partial charge >= 0.3 is 17.3 Å². The van der Waals surface area contributed by atoms with Gasteiger partial charge in [-0.1, -0.05) is 35.3 Å². The predicted octanol–water partition coefficient (Wildman–Crippen LogP) is 3.84. The van der Waals surface area contributed by atoms with Gasteiger partial charge in [-0.15, -0.1) is 0 Å². The lowest BCUT2D eigenvalue weighted by molar-refractivity contribution is -0.141. The largest absolute Gasteiger partial charge is 0.489 e. The number of hydrogen-bond acceptors (Lipinski definition) is 6. The molecule has 35 heavy (non-hydrogen) atoms. The van der Waals surface area contributed by atoms with E-state index in [9.17, 15) is 14.4 Å². The lowest BCUT2D eigenvalue weighted by atomic mass is 10.2. The van der Waals surface area contributed by atoms with E-state index in [0.717, 1.165) is 10.1 Å². The molecule has 0 spiro atoms. The maximum Gasteiger partial charge on any atom is 0.335 e. The summed E-state index contributed by atoms with van der Waals surface area (Å²) in [4.78, 5) is 45.2. The van der Waals surface area contributed by atoms with E-state index in [2.05, 4.69) is 14.7 Å². The molecule has 9 nitrogen and oxygen atoms in total. The topological polar surface area (TPSA) is 108 Å². The molecule has 0 amide bonds. The first-order valence-corrected chi connectivity index (χ1v) is 11.6. The molecule has 1 N–H and O–H groups in total. The molecule has 0 aliphatic heterocycles. The zero-order valence-corrected chi connectivity index (χ0v) is 21.3. The molecule has 0 saturated carbocycles.